The zero-order valence-corrected chi connectivity index (χ0v) is 18.6. The summed E-state index contributed by atoms with van der Waals surface area (Å²) in [5.41, 5.74) is -3.28. The van der Waals surface area contributed by atoms with Crippen molar-refractivity contribution in [2.75, 3.05) is 6.61 Å². The van der Waals surface area contributed by atoms with Crippen LogP contribution in [0.2, 0.25) is 0 Å². The lowest BCUT2D eigenvalue weighted by Gasteiger charge is -2.33. The third-order valence-corrected chi connectivity index (χ3v) is 5.11. The molecule has 34 heavy (non-hydrogen) atoms. The zero-order chi connectivity index (χ0) is 25.0. The van der Waals surface area contributed by atoms with E-state index in [-0.39, 0.29) is 6.42 Å². The first-order chi connectivity index (χ1) is 16.0. The van der Waals surface area contributed by atoms with Crippen LogP contribution in [0.1, 0.15) is 32.6 Å². The summed E-state index contributed by atoms with van der Waals surface area (Å²) in [6.07, 6.45) is -3.78. The number of esters is 3. The van der Waals surface area contributed by atoms with Gasteiger partial charge in [0, 0.05) is 27.2 Å². The quantitative estimate of drug-likeness (QED) is 0.447. The molecule has 2 heterocycles. The molecule has 1 aromatic carbocycles. The van der Waals surface area contributed by atoms with E-state index in [1.54, 1.807) is 35.3 Å². The second-order valence-corrected chi connectivity index (χ2v) is 7.76. The molecule has 0 spiro atoms. The van der Waals surface area contributed by atoms with Gasteiger partial charge in [-0.25, -0.2) is 4.79 Å². The van der Waals surface area contributed by atoms with E-state index in [0.717, 1.165) is 20.8 Å². The molecule has 1 aliphatic heterocycles. The number of carbonyl (C=O) groups excluding carboxylic acids is 3. The number of hydrogen-bond acceptors (Lipinski definition) is 9. The molecule has 2 unspecified atom stereocenters. The highest BCUT2D eigenvalue weighted by Gasteiger charge is 2.60. The molecule has 0 amide bonds. The molecule has 0 radical (unpaired) electrons. The van der Waals surface area contributed by atoms with Crippen LogP contribution < -0.4 is 11.2 Å². The topological polar surface area (TPSA) is 143 Å². The van der Waals surface area contributed by atoms with Crippen molar-refractivity contribution in [2.45, 2.75) is 51.2 Å². The maximum Gasteiger partial charge on any atom is 0.330 e. The van der Waals surface area contributed by atoms with Gasteiger partial charge in [-0.2, -0.15) is 4.39 Å². The van der Waals surface area contributed by atoms with E-state index in [1.807, 2.05) is 0 Å². The molecule has 2 aromatic rings. The van der Waals surface area contributed by atoms with E-state index in [2.05, 4.69) is 0 Å². The van der Waals surface area contributed by atoms with Gasteiger partial charge < -0.3 is 18.9 Å². The number of H-pyrrole nitrogens is 1. The number of benzene rings is 1. The first-order valence-electron chi connectivity index (χ1n) is 10.2. The number of aromatic amines is 1. The lowest BCUT2D eigenvalue weighted by atomic mass is 9.88. The molecule has 3 rings (SSSR count). The summed E-state index contributed by atoms with van der Waals surface area (Å²) in [4.78, 5) is 61.4. The monoisotopic (exact) mass is 478 g/mol. The van der Waals surface area contributed by atoms with Crippen molar-refractivity contribution in [3.05, 3.63) is 68.7 Å². The van der Waals surface area contributed by atoms with Crippen molar-refractivity contribution in [1.29, 1.82) is 0 Å². The van der Waals surface area contributed by atoms with Gasteiger partial charge in [0.1, 0.15) is 12.2 Å². The maximum atomic E-state index is 14.1. The Bertz CT molecular complexity index is 1190. The lowest BCUT2D eigenvalue weighted by Crippen LogP contribution is -2.52. The van der Waals surface area contributed by atoms with Crippen LogP contribution in [0.15, 0.2) is 46.1 Å². The van der Waals surface area contributed by atoms with Crippen LogP contribution in [0.5, 0.6) is 0 Å². The van der Waals surface area contributed by atoms with Gasteiger partial charge in [0.25, 0.3) is 5.56 Å². The molecule has 1 fully saturated rings. The fraction of sp³-hybridized carbons (Fsp3) is 0.409. The smallest absolute Gasteiger partial charge is 0.330 e. The van der Waals surface area contributed by atoms with Crippen molar-refractivity contribution >= 4 is 17.9 Å². The Morgan fingerprint density at radius 1 is 1.06 bits per heavy atom. The summed E-state index contributed by atoms with van der Waals surface area (Å²) in [6, 6.07) is 8.74. The Morgan fingerprint density at radius 2 is 1.71 bits per heavy atom. The van der Waals surface area contributed by atoms with Crippen molar-refractivity contribution in [3.63, 3.8) is 0 Å². The number of rotatable bonds is 7. The van der Waals surface area contributed by atoms with Crippen molar-refractivity contribution in [1.82, 2.24) is 9.55 Å². The predicted molar refractivity (Wildman–Crippen MR) is 112 cm³/mol. The van der Waals surface area contributed by atoms with Gasteiger partial charge in [0.2, 0.25) is 5.82 Å². The molecule has 11 nitrogen and oxygen atoms in total. The number of nitrogens with one attached hydrogen (secondary N) is 1. The third kappa shape index (κ3) is 5.39. The predicted octanol–water partition coefficient (Wildman–Crippen LogP) is 0.612. The van der Waals surface area contributed by atoms with Gasteiger partial charge in [0.15, 0.2) is 18.4 Å². The van der Waals surface area contributed by atoms with Gasteiger partial charge in [-0.15, -0.1) is 0 Å². The first kappa shape index (κ1) is 24.8. The van der Waals surface area contributed by atoms with Crippen LogP contribution in [0, 0.1) is 5.82 Å². The molecule has 182 valence electrons. The molecule has 4 atom stereocenters. The van der Waals surface area contributed by atoms with Crippen molar-refractivity contribution < 1.29 is 37.7 Å². The molecule has 1 N–H and O–H groups in total. The van der Waals surface area contributed by atoms with E-state index >= 15 is 0 Å². The number of hydrogen-bond donors (Lipinski definition) is 1. The van der Waals surface area contributed by atoms with Gasteiger partial charge in [0.05, 0.1) is 6.20 Å². The minimum atomic E-state index is -1.64. The third-order valence-electron chi connectivity index (χ3n) is 5.11. The number of aromatic nitrogens is 2. The Morgan fingerprint density at radius 3 is 2.29 bits per heavy atom. The Labute approximate surface area is 192 Å². The molecule has 1 saturated heterocycles. The van der Waals surface area contributed by atoms with E-state index < -0.39 is 65.6 Å². The molecule has 1 aliphatic rings. The van der Waals surface area contributed by atoms with Gasteiger partial charge >= 0.3 is 23.6 Å². The highest BCUT2D eigenvalue weighted by atomic mass is 19.1. The number of carbonyl (C=O) groups is 3. The second kappa shape index (κ2) is 10.00. The number of nitrogens with zero attached hydrogens (tertiary/aromatic N) is 1. The van der Waals surface area contributed by atoms with E-state index in [0.29, 0.717) is 16.3 Å². The SMILES string of the molecule is CC(=O)OC[C@@]1(Cc2ccccc2)O[C@@H](n2cc(F)c(=O)[nH]c2=O)C(OC(C)=O)C1OC(C)=O. The molecule has 12 heteroatoms. The van der Waals surface area contributed by atoms with Crippen LogP contribution in [0.25, 0.3) is 0 Å². The Kier molecular flexibility index (Phi) is 7.30. The van der Waals surface area contributed by atoms with Crippen LogP contribution >= 0.6 is 0 Å². The number of ether oxygens (including phenoxy) is 4. The van der Waals surface area contributed by atoms with Crippen LogP contribution in [-0.2, 0) is 39.8 Å². The maximum absolute atomic E-state index is 14.1. The highest BCUT2D eigenvalue weighted by Crippen LogP contribution is 2.43. The van der Waals surface area contributed by atoms with E-state index in [1.165, 1.54) is 0 Å². The van der Waals surface area contributed by atoms with Gasteiger partial charge in [-0.3, -0.25) is 28.7 Å². The molecular weight excluding hydrogens is 455 g/mol. The minimum Gasteiger partial charge on any atom is -0.463 e. The van der Waals surface area contributed by atoms with Crippen LogP contribution in [0.4, 0.5) is 4.39 Å². The Balaban J connectivity index is 2.20. The lowest BCUT2D eigenvalue weighted by molar-refractivity contribution is -0.177. The largest absolute Gasteiger partial charge is 0.463 e. The Hall–Kier alpha value is -3.80. The second-order valence-electron chi connectivity index (χ2n) is 7.76. The molecule has 0 aliphatic carbocycles. The van der Waals surface area contributed by atoms with E-state index in [4.69, 9.17) is 18.9 Å². The number of halogens is 1. The van der Waals surface area contributed by atoms with Gasteiger partial charge in [-0.1, -0.05) is 30.3 Å². The summed E-state index contributed by atoms with van der Waals surface area (Å²) in [5, 5.41) is 0. The highest BCUT2D eigenvalue weighted by molar-refractivity contribution is 5.68. The summed E-state index contributed by atoms with van der Waals surface area (Å²) < 4.78 is 36.9. The molecule has 0 saturated carbocycles. The normalized spacial score (nSPS) is 23.8. The first-order valence-corrected chi connectivity index (χ1v) is 10.2. The minimum absolute atomic E-state index is 0.00603. The van der Waals surface area contributed by atoms with Gasteiger partial charge in [-0.05, 0) is 5.56 Å². The van der Waals surface area contributed by atoms with Crippen molar-refractivity contribution in [2.24, 2.45) is 0 Å². The van der Waals surface area contributed by atoms with E-state index in [9.17, 15) is 28.4 Å². The zero-order valence-electron chi connectivity index (χ0n) is 18.6. The summed E-state index contributed by atoms with van der Waals surface area (Å²) >= 11 is 0. The fourth-order valence-corrected chi connectivity index (χ4v) is 3.83. The average molecular weight is 478 g/mol. The fourth-order valence-electron chi connectivity index (χ4n) is 3.83. The molecule has 1 aromatic heterocycles. The summed E-state index contributed by atoms with van der Waals surface area (Å²) in [5.74, 6) is -3.55. The summed E-state index contributed by atoms with van der Waals surface area (Å²) in [6.45, 7) is 2.91. The van der Waals surface area contributed by atoms with Crippen LogP contribution in [-0.4, -0.2) is 51.9 Å². The summed E-state index contributed by atoms with van der Waals surface area (Å²) in [7, 11) is 0. The van der Waals surface area contributed by atoms with Crippen LogP contribution in [0.3, 0.4) is 0 Å². The molecular formula is C22H23FN2O9. The molecule has 0 bridgehead atoms. The van der Waals surface area contributed by atoms with Crippen molar-refractivity contribution in [3.8, 4) is 0 Å². The average Bonchev–Trinajstić information content (AvgIpc) is 3.02. The standard InChI is InChI=1S/C22H23FN2O9/c1-12(26)31-11-22(9-15-7-5-4-6-8-15)18(33-14(3)28)17(32-13(2)27)20(34-22)25-10-16(23)19(29)24-21(25)30/h4-8,10,17-18,20H,9,11H2,1-3H3,(H,24,29,30)/t17?,18?,20-,22-/m1/s1.